The van der Waals surface area contributed by atoms with Gasteiger partial charge in [0, 0.05) is 22.1 Å². The molecule has 0 fully saturated rings. The maximum atomic E-state index is 9.59. The lowest BCUT2D eigenvalue weighted by Gasteiger charge is -2.29. The Labute approximate surface area is 114 Å². The summed E-state index contributed by atoms with van der Waals surface area (Å²) in [4.78, 5) is 0. The number of rotatable bonds is 4. The highest BCUT2D eigenvalue weighted by atomic mass is 35.5. The number of aliphatic hydroxyl groups is 1. The number of hydrogen-bond acceptors (Lipinski definition) is 3. The summed E-state index contributed by atoms with van der Waals surface area (Å²) in [6, 6.07) is 0. The molecule has 1 aromatic rings. The van der Waals surface area contributed by atoms with Crippen molar-refractivity contribution < 1.29 is 14.6 Å². The summed E-state index contributed by atoms with van der Waals surface area (Å²) < 4.78 is 10.8. The molecule has 4 heteroatoms. The van der Waals surface area contributed by atoms with E-state index in [9.17, 15) is 5.11 Å². The minimum Gasteiger partial charge on any atom is -0.496 e. The lowest BCUT2D eigenvalue weighted by Crippen LogP contribution is -2.25. The lowest BCUT2D eigenvalue weighted by atomic mass is 9.80. The Morgan fingerprint density at radius 1 is 1.06 bits per heavy atom. The van der Waals surface area contributed by atoms with Crippen LogP contribution in [-0.2, 0) is 5.41 Å². The highest BCUT2D eigenvalue weighted by molar-refractivity contribution is 6.33. The second-order valence-corrected chi connectivity index (χ2v) is 5.43. The van der Waals surface area contributed by atoms with E-state index in [-0.39, 0.29) is 6.61 Å². The van der Waals surface area contributed by atoms with Crippen LogP contribution < -0.4 is 9.47 Å². The lowest BCUT2D eigenvalue weighted by molar-refractivity contribution is 0.213. The molecule has 0 atom stereocenters. The van der Waals surface area contributed by atoms with Crippen LogP contribution in [0.25, 0.3) is 0 Å². The molecular weight excluding hydrogens is 252 g/mol. The third-order valence-electron chi connectivity index (χ3n) is 3.29. The highest BCUT2D eigenvalue weighted by Crippen LogP contribution is 2.45. The minimum atomic E-state index is -0.419. The zero-order chi connectivity index (χ0) is 14.1. The van der Waals surface area contributed by atoms with Crippen molar-refractivity contribution in [3.63, 3.8) is 0 Å². The molecule has 102 valence electrons. The first-order chi connectivity index (χ1) is 8.31. The van der Waals surface area contributed by atoms with Gasteiger partial charge in [0.05, 0.1) is 25.8 Å². The smallest absolute Gasteiger partial charge is 0.141 e. The van der Waals surface area contributed by atoms with Gasteiger partial charge in [-0.05, 0) is 13.8 Å². The van der Waals surface area contributed by atoms with Crippen molar-refractivity contribution in [1.29, 1.82) is 0 Å². The van der Waals surface area contributed by atoms with Gasteiger partial charge in [0.25, 0.3) is 0 Å². The number of benzene rings is 1. The molecule has 0 aliphatic carbocycles. The maximum Gasteiger partial charge on any atom is 0.141 e. The molecule has 0 aliphatic rings. The van der Waals surface area contributed by atoms with Gasteiger partial charge in [0.1, 0.15) is 11.5 Å². The molecule has 1 N–H and O–H groups in total. The summed E-state index contributed by atoms with van der Waals surface area (Å²) in [6.07, 6.45) is 0. The Morgan fingerprint density at radius 3 is 1.94 bits per heavy atom. The molecule has 1 aromatic carbocycles. The topological polar surface area (TPSA) is 38.7 Å². The molecule has 18 heavy (non-hydrogen) atoms. The fourth-order valence-corrected chi connectivity index (χ4v) is 2.60. The molecule has 0 bridgehead atoms. The molecule has 0 amide bonds. The zero-order valence-electron chi connectivity index (χ0n) is 11.8. The van der Waals surface area contributed by atoms with E-state index in [4.69, 9.17) is 21.1 Å². The molecule has 0 radical (unpaired) electrons. The summed E-state index contributed by atoms with van der Waals surface area (Å²) in [6.45, 7) is 7.77. The van der Waals surface area contributed by atoms with Gasteiger partial charge >= 0.3 is 0 Å². The first-order valence-corrected chi connectivity index (χ1v) is 6.21. The van der Waals surface area contributed by atoms with Gasteiger partial charge in [-0.15, -0.1) is 0 Å². The van der Waals surface area contributed by atoms with Crippen LogP contribution in [0.1, 0.15) is 30.5 Å². The molecule has 0 unspecified atom stereocenters. The van der Waals surface area contributed by atoms with E-state index >= 15 is 0 Å². The predicted molar refractivity (Wildman–Crippen MR) is 74.1 cm³/mol. The Morgan fingerprint density at radius 2 is 1.56 bits per heavy atom. The van der Waals surface area contributed by atoms with Crippen LogP contribution in [0.2, 0.25) is 5.02 Å². The largest absolute Gasteiger partial charge is 0.496 e. The van der Waals surface area contributed by atoms with Gasteiger partial charge in [-0.1, -0.05) is 25.4 Å². The summed E-state index contributed by atoms with van der Waals surface area (Å²) in [7, 11) is 3.21. The molecule has 0 spiro atoms. The first kappa shape index (κ1) is 15.1. The van der Waals surface area contributed by atoms with Gasteiger partial charge in [-0.3, -0.25) is 0 Å². The van der Waals surface area contributed by atoms with Crippen LogP contribution in [0.5, 0.6) is 11.5 Å². The number of hydrogen-bond donors (Lipinski definition) is 1. The Kier molecular flexibility index (Phi) is 4.51. The SMILES string of the molecule is COc1c(C)c(C(C)(C)CO)c(OC)c(C)c1Cl. The van der Waals surface area contributed by atoms with Crippen molar-refractivity contribution in [2.45, 2.75) is 33.1 Å². The van der Waals surface area contributed by atoms with Crippen LogP contribution in [0.15, 0.2) is 0 Å². The van der Waals surface area contributed by atoms with E-state index in [1.807, 2.05) is 27.7 Å². The van der Waals surface area contributed by atoms with Gasteiger partial charge in [-0.25, -0.2) is 0 Å². The van der Waals surface area contributed by atoms with Crippen LogP contribution in [0, 0.1) is 13.8 Å². The molecule has 0 saturated heterocycles. The fraction of sp³-hybridized carbons (Fsp3) is 0.571. The molecule has 0 aromatic heterocycles. The Bertz CT molecular complexity index is 453. The number of aliphatic hydroxyl groups excluding tert-OH is 1. The standard InChI is InChI=1S/C14H21ClO3/c1-8-10(14(3,4)7-16)12(17-5)9(2)11(15)13(8)18-6/h16H,7H2,1-6H3. The molecule has 0 aliphatic heterocycles. The van der Waals surface area contributed by atoms with E-state index in [2.05, 4.69) is 0 Å². The third-order valence-corrected chi connectivity index (χ3v) is 3.75. The number of ether oxygens (including phenoxy) is 2. The normalized spacial score (nSPS) is 11.6. The maximum absolute atomic E-state index is 9.59. The first-order valence-electron chi connectivity index (χ1n) is 5.83. The van der Waals surface area contributed by atoms with Crippen LogP contribution in [0.3, 0.4) is 0 Å². The second-order valence-electron chi connectivity index (χ2n) is 5.05. The molecule has 3 nitrogen and oxygen atoms in total. The van der Waals surface area contributed by atoms with Gasteiger partial charge in [-0.2, -0.15) is 0 Å². The van der Waals surface area contributed by atoms with E-state index < -0.39 is 5.41 Å². The van der Waals surface area contributed by atoms with Crippen molar-refractivity contribution in [2.75, 3.05) is 20.8 Å². The monoisotopic (exact) mass is 272 g/mol. The average Bonchev–Trinajstić information content (AvgIpc) is 2.33. The summed E-state index contributed by atoms with van der Waals surface area (Å²) >= 11 is 6.28. The van der Waals surface area contributed by atoms with Crippen molar-refractivity contribution in [2.24, 2.45) is 0 Å². The van der Waals surface area contributed by atoms with E-state index in [1.165, 1.54) is 0 Å². The fourth-order valence-electron chi connectivity index (χ4n) is 2.30. The van der Waals surface area contributed by atoms with E-state index in [1.54, 1.807) is 14.2 Å². The van der Waals surface area contributed by atoms with E-state index in [0.717, 1.165) is 22.4 Å². The Balaban J connectivity index is 3.73. The van der Waals surface area contributed by atoms with Gasteiger partial charge < -0.3 is 14.6 Å². The van der Waals surface area contributed by atoms with Crippen molar-refractivity contribution >= 4 is 11.6 Å². The van der Waals surface area contributed by atoms with Crippen molar-refractivity contribution in [1.82, 2.24) is 0 Å². The zero-order valence-corrected chi connectivity index (χ0v) is 12.6. The second kappa shape index (κ2) is 5.37. The average molecular weight is 273 g/mol. The van der Waals surface area contributed by atoms with Crippen LogP contribution in [-0.4, -0.2) is 25.9 Å². The molecule has 0 saturated carbocycles. The molecule has 0 heterocycles. The van der Waals surface area contributed by atoms with E-state index in [0.29, 0.717) is 10.8 Å². The molecule has 1 rings (SSSR count). The highest BCUT2D eigenvalue weighted by Gasteiger charge is 2.30. The van der Waals surface area contributed by atoms with Crippen molar-refractivity contribution in [3.05, 3.63) is 21.7 Å². The number of halogens is 1. The quantitative estimate of drug-likeness (QED) is 0.914. The summed E-state index contributed by atoms with van der Waals surface area (Å²) in [5, 5.41) is 10.1. The Hall–Kier alpha value is -0.930. The predicted octanol–water partition coefficient (Wildman–Crippen LogP) is 3.24. The number of methoxy groups -OCH3 is 2. The molecular formula is C14H21ClO3. The minimum absolute atomic E-state index is 0.0222. The van der Waals surface area contributed by atoms with Gasteiger partial charge in [0.15, 0.2) is 0 Å². The summed E-state index contributed by atoms with van der Waals surface area (Å²) in [5.74, 6) is 1.36. The van der Waals surface area contributed by atoms with Crippen LogP contribution in [0.4, 0.5) is 0 Å². The third kappa shape index (κ3) is 2.29. The van der Waals surface area contributed by atoms with Gasteiger partial charge in [0.2, 0.25) is 0 Å². The summed E-state index contributed by atoms with van der Waals surface area (Å²) in [5.41, 5.74) is 2.26. The van der Waals surface area contributed by atoms with Crippen molar-refractivity contribution in [3.8, 4) is 11.5 Å². The van der Waals surface area contributed by atoms with Crippen LogP contribution >= 0.6 is 11.6 Å².